The van der Waals surface area contributed by atoms with Crippen molar-refractivity contribution in [2.75, 3.05) is 19.9 Å². The van der Waals surface area contributed by atoms with Crippen LogP contribution in [0.1, 0.15) is 31.2 Å². The van der Waals surface area contributed by atoms with Crippen molar-refractivity contribution >= 4 is 17.7 Å². The molecule has 0 bridgehead atoms. The van der Waals surface area contributed by atoms with Crippen LogP contribution in [0, 0.1) is 0 Å². The van der Waals surface area contributed by atoms with Gasteiger partial charge in [0.2, 0.25) is 6.79 Å². The Hall–Kier alpha value is -3.42. The van der Waals surface area contributed by atoms with Crippen LogP contribution in [-0.4, -0.2) is 47.5 Å². The zero-order chi connectivity index (χ0) is 17.4. The minimum atomic E-state index is -0.446. The summed E-state index contributed by atoms with van der Waals surface area (Å²) in [5.41, 5.74) is 0.845. The van der Waals surface area contributed by atoms with Crippen molar-refractivity contribution in [3.05, 3.63) is 53.3 Å². The van der Waals surface area contributed by atoms with Crippen molar-refractivity contribution < 1.29 is 23.9 Å². The average Bonchev–Trinajstić information content (AvgIpc) is 3.20. The SMILES string of the molecule is O=C(NCCN1C(=O)c2cccnc2C1=O)c1ccc2c(c1)OCO2. The van der Waals surface area contributed by atoms with Crippen LogP contribution in [0.4, 0.5) is 0 Å². The summed E-state index contributed by atoms with van der Waals surface area (Å²) in [6, 6.07) is 8.04. The fourth-order valence-corrected chi connectivity index (χ4v) is 2.74. The molecule has 0 unspecified atom stereocenters. The second-order valence-electron chi connectivity index (χ2n) is 5.49. The van der Waals surface area contributed by atoms with Gasteiger partial charge in [-0.15, -0.1) is 0 Å². The van der Waals surface area contributed by atoms with Gasteiger partial charge in [0.05, 0.1) is 5.56 Å². The van der Waals surface area contributed by atoms with Crippen molar-refractivity contribution in [2.45, 2.75) is 0 Å². The van der Waals surface area contributed by atoms with Crippen LogP contribution in [0.5, 0.6) is 11.5 Å². The molecule has 0 aliphatic carbocycles. The van der Waals surface area contributed by atoms with E-state index in [2.05, 4.69) is 10.3 Å². The largest absolute Gasteiger partial charge is 0.454 e. The first-order valence-electron chi connectivity index (χ1n) is 7.64. The van der Waals surface area contributed by atoms with Gasteiger partial charge < -0.3 is 14.8 Å². The Morgan fingerprint density at radius 2 is 2.00 bits per heavy atom. The normalized spacial score (nSPS) is 14.6. The predicted octanol–water partition coefficient (Wildman–Crippen LogP) is 0.836. The summed E-state index contributed by atoms with van der Waals surface area (Å²) in [6.07, 6.45) is 1.47. The van der Waals surface area contributed by atoms with E-state index in [0.29, 0.717) is 17.1 Å². The van der Waals surface area contributed by atoms with Gasteiger partial charge in [-0.1, -0.05) is 0 Å². The molecule has 126 valence electrons. The molecule has 4 rings (SSSR count). The van der Waals surface area contributed by atoms with Gasteiger partial charge in [0.15, 0.2) is 11.5 Å². The number of carbonyl (C=O) groups excluding carboxylic acids is 3. The minimum absolute atomic E-state index is 0.0737. The van der Waals surface area contributed by atoms with Gasteiger partial charge >= 0.3 is 0 Å². The molecule has 25 heavy (non-hydrogen) atoms. The van der Waals surface area contributed by atoms with Crippen molar-refractivity contribution in [1.82, 2.24) is 15.2 Å². The van der Waals surface area contributed by atoms with Gasteiger partial charge in [-0.05, 0) is 30.3 Å². The summed E-state index contributed by atoms with van der Waals surface area (Å²) in [4.78, 5) is 41.6. The lowest BCUT2D eigenvalue weighted by Crippen LogP contribution is -2.38. The van der Waals surface area contributed by atoms with Crippen LogP contribution in [0.3, 0.4) is 0 Å². The number of aromatic nitrogens is 1. The van der Waals surface area contributed by atoms with Gasteiger partial charge in [-0.3, -0.25) is 24.3 Å². The van der Waals surface area contributed by atoms with E-state index in [1.807, 2.05) is 0 Å². The Bertz CT molecular complexity index is 861. The molecule has 2 aromatic rings. The molecule has 0 saturated heterocycles. The number of imide groups is 1. The summed E-state index contributed by atoms with van der Waals surface area (Å²) in [5.74, 6) is -0.0643. The molecule has 0 radical (unpaired) electrons. The maximum atomic E-state index is 12.2. The highest BCUT2D eigenvalue weighted by molar-refractivity contribution is 6.20. The molecule has 0 atom stereocenters. The third-order valence-corrected chi connectivity index (χ3v) is 3.99. The third kappa shape index (κ3) is 2.57. The second-order valence-corrected chi connectivity index (χ2v) is 5.49. The van der Waals surface area contributed by atoms with Gasteiger partial charge in [0.25, 0.3) is 17.7 Å². The van der Waals surface area contributed by atoms with Crippen LogP contribution in [-0.2, 0) is 0 Å². The summed E-state index contributed by atoms with van der Waals surface area (Å²) < 4.78 is 10.4. The highest BCUT2D eigenvalue weighted by atomic mass is 16.7. The Labute approximate surface area is 142 Å². The smallest absolute Gasteiger partial charge is 0.280 e. The van der Waals surface area contributed by atoms with Gasteiger partial charge in [-0.25, -0.2) is 0 Å². The first-order chi connectivity index (χ1) is 12.1. The van der Waals surface area contributed by atoms with Crippen LogP contribution < -0.4 is 14.8 Å². The molecule has 0 fully saturated rings. The number of hydrogen-bond acceptors (Lipinski definition) is 6. The predicted molar refractivity (Wildman–Crippen MR) is 84.5 cm³/mol. The van der Waals surface area contributed by atoms with E-state index >= 15 is 0 Å². The Kier molecular flexibility index (Phi) is 3.57. The summed E-state index contributed by atoms with van der Waals surface area (Å²) >= 11 is 0. The van der Waals surface area contributed by atoms with Crippen molar-refractivity contribution in [2.24, 2.45) is 0 Å². The monoisotopic (exact) mass is 339 g/mol. The number of nitrogens with zero attached hydrogens (tertiary/aromatic N) is 2. The molecule has 1 aromatic heterocycles. The highest BCUT2D eigenvalue weighted by Crippen LogP contribution is 2.32. The molecule has 8 heteroatoms. The zero-order valence-corrected chi connectivity index (χ0v) is 13.0. The van der Waals surface area contributed by atoms with E-state index in [-0.39, 0.29) is 37.0 Å². The lowest BCUT2D eigenvalue weighted by atomic mass is 10.2. The zero-order valence-electron chi connectivity index (χ0n) is 13.0. The fraction of sp³-hybridized carbons (Fsp3) is 0.176. The van der Waals surface area contributed by atoms with Crippen molar-refractivity contribution in [1.29, 1.82) is 0 Å². The molecule has 0 spiro atoms. The van der Waals surface area contributed by atoms with E-state index in [9.17, 15) is 14.4 Å². The molecular formula is C17H13N3O5. The maximum Gasteiger partial charge on any atom is 0.280 e. The van der Waals surface area contributed by atoms with Gasteiger partial charge in [0.1, 0.15) is 5.69 Å². The molecule has 2 aliphatic heterocycles. The lowest BCUT2D eigenvalue weighted by molar-refractivity contribution is 0.0648. The Balaban J connectivity index is 1.38. The maximum absolute atomic E-state index is 12.2. The fourth-order valence-electron chi connectivity index (χ4n) is 2.74. The van der Waals surface area contributed by atoms with E-state index in [0.717, 1.165) is 4.90 Å². The van der Waals surface area contributed by atoms with E-state index in [1.165, 1.54) is 6.20 Å². The number of pyridine rings is 1. The van der Waals surface area contributed by atoms with Crippen LogP contribution in [0.15, 0.2) is 36.5 Å². The number of rotatable bonds is 4. The molecule has 8 nitrogen and oxygen atoms in total. The number of hydrogen-bond donors (Lipinski definition) is 1. The first kappa shape index (κ1) is 15.1. The minimum Gasteiger partial charge on any atom is -0.454 e. The molecule has 2 aliphatic rings. The number of benzene rings is 1. The van der Waals surface area contributed by atoms with Crippen molar-refractivity contribution in [3.63, 3.8) is 0 Å². The van der Waals surface area contributed by atoms with E-state index < -0.39 is 11.8 Å². The number of nitrogens with one attached hydrogen (secondary N) is 1. The lowest BCUT2D eigenvalue weighted by Gasteiger charge is -2.14. The number of ether oxygens (including phenoxy) is 2. The Morgan fingerprint density at radius 1 is 1.16 bits per heavy atom. The summed E-state index contributed by atoms with van der Waals surface area (Å²) in [7, 11) is 0. The second kappa shape index (κ2) is 5.90. The first-order valence-corrected chi connectivity index (χ1v) is 7.64. The third-order valence-electron chi connectivity index (χ3n) is 3.99. The summed E-state index contributed by atoms with van der Waals surface area (Å²) in [5, 5.41) is 2.68. The standard InChI is InChI=1S/C17H13N3O5/c21-15(10-3-4-12-13(8-10)25-9-24-12)19-6-7-20-16(22)11-2-1-5-18-14(11)17(20)23/h1-5,8H,6-7,9H2,(H,19,21). The van der Waals surface area contributed by atoms with Gasteiger partial charge in [0, 0.05) is 24.8 Å². The summed E-state index contributed by atoms with van der Waals surface area (Å²) in [6.45, 7) is 0.344. The highest BCUT2D eigenvalue weighted by Gasteiger charge is 2.36. The van der Waals surface area contributed by atoms with E-state index in [4.69, 9.17) is 9.47 Å². The molecule has 3 amide bonds. The average molecular weight is 339 g/mol. The Morgan fingerprint density at radius 3 is 2.84 bits per heavy atom. The topological polar surface area (TPSA) is 97.8 Å². The molecule has 0 saturated carbocycles. The number of amides is 3. The molecule has 3 heterocycles. The van der Waals surface area contributed by atoms with Gasteiger partial charge in [-0.2, -0.15) is 0 Å². The number of carbonyl (C=O) groups is 3. The van der Waals surface area contributed by atoms with Crippen molar-refractivity contribution in [3.8, 4) is 11.5 Å². The van der Waals surface area contributed by atoms with Crippen LogP contribution in [0.2, 0.25) is 0 Å². The molecule has 1 N–H and O–H groups in total. The molecular weight excluding hydrogens is 326 g/mol. The quantitative estimate of drug-likeness (QED) is 0.829. The molecule has 1 aromatic carbocycles. The number of fused-ring (bicyclic) bond motifs is 2. The van der Waals surface area contributed by atoms with Crippen LogP contribution in [0.25, 0.3) is 0 Å². The van der Waals surface area contributed by atoms with E-state index in [1.54, 1.807) is 30.3 Å². The van der Waals surface area contributed by atoms with Crippen LogP contribution >= 0.6 is 0 Å².